The third-order valence-corrected chi connectivity index (χ3v) is 5.49. The summed E-state index contributed by atoms with van der Waals surface area (Å²) >= 11 is 0.682. The van der Waals surface area contributed by atoms with Crippen molar-refractivity contribution >= 4 is 35.0 Å². The molecule has 33 heavy (non-hydrogen) atoms. The summed E-state index contributed by atoms with van der Waals surface area (Å²) in [6.45, 7) is 5.46. The molecule has 2 aromatic rings. The summed E-state index contributed by atoms with van der Waals surface area (Å²) in [5.41, 5.74) is 2.11. The molecular formula is C24H22FNO6S. The molecule has 0 aromatic heterocycles. The Balaban J connectivity index is 1.93. The number of thioether (sulfide) groups is 1. The van der Waals surface area contributed by atoms with Crippen LogP contribution in [0.3, 0.4) is 0 Å². The van der Waals surface area contributed by atoms with Crippen molar-refractivity contribution in [1.82, 2.24) is 4.90 Å². The number of carboxylic acids is 1. The number of amides is 2. The van der Waals surface area contributed by atoms with Crippen molar-refractivity contribution in [2.24, 2.45) is 0 Å². The molecule has 1 aliphatic heterocycles. The highest BCUT2D eigenvalue weighted by atomic mass is 32.2. The maximum atomic E-state index is 13.2. The number of carbonyl (C=O) groups is 3. The van der Waals surface area contributed by atoms with Crippen molar-refractivity contribution in [3.8, 4) is 11.5 Å². The number of allylic oxidation sites excluding steroid dienone is 1. The Hall–Kier alpha value is -3.59. The first-order valence-electron chi connectivity index (χ1n) is 10.1. The molecule has 1 saturated heterocycles. The fourth-order valence-corrected chi connectivity index (χ4v) is 4.00. The van der Waals surface area contributed by atoms with Crippen LogP contribution in [0, 0.1) is 5.82 Å². The molecule has 2 aromatic carbocycles. The topological polar surface area (TPSA) is 93.1 Å². The zero-order valence-electron chi connectivity index (χ0n) is 17.9. The molecule has 9 heteroatoms. The third-order valence-electron chi connectivity index (χ3n) is 4.58. The number of halogens is 1. The summed E-state index contributed by atoms with van der Waals surface area (Å²) in [6, 6.07) is 9.44. The van der Waals surface area contributed by atoms with E-state index in [1.807, 2.05) is 6.92 Å². The maximum absolute atomic E-state index is 13.2. The van der Waals surface area contributed by atoms with Crippen molar-refractivity contribution < 1.29 is 33.4 Å². The molecule has 0 bridgehead atoms. The molecule has 1 aliphatic rings. The quantitative estimate of drug-likeness (QED) is 0.398. The standard InChI is InChI=1S/C24H22FNO6S/c1-3-5-17-10-16(12-20-23(29)26(13-21(27)28)24(30)33-20)11-19(31-4-2)22(17)32-14-15-6-8-18(25)9-7-15/h3,6-12H,1,4-5,13-14H2,2H3,(H,27,28). The van der Waals surface area contributed by atoms with Crippen LogP contribution in [-0.4, -0.2) is 40.3 Å². The molecular weight excluding hydrogens is 449 g/mol. The van der Waals surface area contributed by atoms with Crippen LogP contribution in [0.2, 0.25) is 0 Å². The maximum Gasteiger partial charge on any atom is 0.323 e. The number of benzene rings is 2. The number of aliphatic carboxylic acids is 1. The Kier molecular flexibility index (Phi) is 7.89. The Bertz CT molecular complexity index is 1110. The summed E-state index contributed by atoms with van der Waals surface area (Å²) in [5, 5.41) is 8.29. The number of nitrogens with zero attached hydrogens (tertiary/aromatic N) is 1. The predicted octanol–water partition coefficient (Wildman–Crippen LogP) is 4.65. The van der Waals surface area contributed by atoms with E-state index in [0.29, 0.717) is 46.8 Å². The normalized spacial score (nSPS) is 14.6. The second-order valence-electron chi connectivity index (χ2n) is 7.01. The Morgan fingerprint density at radius 3 is 2.58 bits per heavy atom. The lowest BCUT2D eigenvalue weighted by molar-refractivity contribution is -0.140. The second kappa shape index (κ2) is 10.8. The van der Waals surface area contributed by atoms with E-state index in [0.717, 1.165) is 11.1 Å². The lowest BCUT2D eigenvalue weighted by Crippen LogP contribution is -2.33. The van der Waals surface area contributed by atoms with E-state index < -0.39 is 23.7 Å². The van der Waals surface area contributed by atoms with Gasteiger partial charge in [0.15, 0.2) is 11.5 Å². The van der Waals surface area contributed by atoms with Gasteiger partial charge in [-0.3, -0.25) is 19.3 Å². The highest BCUT2D eigenvalue weighted by Gasteiger charge is 2.36. The zero-order chi connectivity index (χ0) is 24.0. The molecule has 0 atom stereocenters. The minimum Gasteiger partial charge on any atom is -0.490 e. The van der Waals surface area contributed by atoms with E-state index in [2.05, 4.69) is 6.58 Å². The van der Waals surface area contributed by atoms with Crippen LogP contribution in [0.15, 0.2) is 54.0 Å². The number of imide groups is 1. The van der Waals surface area contributed by atoms with Crippen LogP contribution in [-0.2, 0) is 22.6 Å². The number of ether oxygens (including phenoxy) is 2. The van der Waals surface area contributed by atoms with Gasteiger partial charge in [0, 0.05) is 5.56 Å². The van der Waals surface area contributed by atoms with E-state index in [-0.39, 0.29) is 17.3 Å². The number of carbonyl (C=O) groups excluding carboxylic acids is 2. The summed E-state index contributed by atoms with van der Waals surface area (Å²) in [6.07, 6.45) is 3.66. The summed E-state index contributed by atoms with van der Waals surface area (Å²) in [4.78, 5) is 36.3. The van der Waals surface area contributed by atoms with Crippen molar-refractivity contribution in [2.75, 3.05) is 13.2 Å². The van der Waals surface area contributed by atoms with Crippen LogP contribution in [0.25, 0.3) is 6.08 Å². The molecule has 0 saturated carbocycles. The van der Waals surface area contributed by atoms with Gasteiger partial charge in [0.25, 0.3) is 11.1 Å². The average molecular weight is 472 g/mol. The van der Waals surface area contributed by atoms with Crippen molar-refractivity contribution in [3.05, 3.63) is 76.5 Å². The van der Waals surface area contributed by atoms with Crippen LogP contribution in [0.5, 0.6) is 11.5 Å². The smallest absolute Gasteiger partial charge is 0.323 e. The molecule has 0 unspecified atom stereocenters. The first kappa shape index (κ1) is 24.1. The Labute approximate surface area is 194 Å². The Morgan fingerprint density at radius 1 is 1.21 bits per heavy atom. The van der Waals surface area contributed by atoms with Gasteiger partial charge in [-0.2, -0.15) is 0 Å². The minimum atomic E-state index is -1.27. The molecule has 7 nitrogen and oxygen atoms in total. The molecule has 2 amide bonds. The molecule has 0 spiro atoms. The van der Waals surface area contributed by atoms with Gasteiger partial charge >= 0.3 is 5.97 Å². The van der Waals surface area contributed by atoms with Crippen molar-refractivity contribution in [1.29, 1.82) is 0 Å². The third kappa shape index (κ3) is 6.01. The fraction of sp³-hybridized carbons (Fsp3) is 0.208. The van der Waals surface area contributed by atoms with Gasteiger partial charge < -0.3 is 14.6 Å². The van der Waals surface area contributed by atoms with Gasteiger partial charge in [0.05, 0.1) is 11.5 Å². The van der Waals surface area contributed by atoms with Gasteiger partial charge in [-0.25, -0.2) is 4.39 Å². The molecule has 1 fully saturated rings. The largest absolute Gasteiger partial charge is 0.490 e. The van der Waals surface area contributed by atoms with Crippen molar-refractivity contribution in [2.45, 2.75) is 20.0 Å². The average Bonchev–Trinajstić information content (AvgIpc) is 3.02. The van der Waals surface area contributed by atoms with E-state index in [9.17, 15) is 18.8 Å². The van der Waals surface area contributed by atoms with Crippen LogP contribution in [0.4, 0.5) is 9.18 Å². The molecule has 1 heterocycles. The number of hydrogen-bond acceptors (Lipinski definition) is 6. The monoisotopic (exact) mass is 471 g/mol. The number of rotatable bonds is 10. The summed E-state index contributed by atoms with van der Waals surface area (Å²) in [5.74, 6) is -1.33. The van der Waals surface area contributed by atoms with Gasteiger partial charge in [0.2, 0.25) is 0 Å². The lowest BCUT2D eigenvalue weighted by Gasteiger charge is -2.17. The zero-order valence-corrected chi connectivity index (χ0v) is 18.7. The number of carboxylic acid groups (broad SMARTS) is 1. The fourth-order valence-electron chi connectivity index (χ4n) is 3.16. The molecule has 0 radical (unpaired) electrons. The lowest BCUT2D eigenvalue weighted by atomic mass is 10.0. The highest BCUT2D eigenvalue weighted by Crippen LogP contribution is 2.37. The van der Waals surface area contributed by atoms with Gasteiger partial charge in [-0.05, 0) is 66.6 Å². The first-order chi connectivity index (χ1) is 15.8. The van der Waals surface area contributed by atoms with Crippen LogP contribution < -0.4 is 9.47 Å². The second-order valence-corrected chi connectivity index (χ2v) is 8.00. The SMILES string of the molecule is C=CCc1cc(C=C2SC(=O)N(CC(=O)O)C2=O)cc(OCC)c1OCc1ccc(F)cc1. The van der Waals surface area contributed by atoms with E-state index in [1.165, 1.54) is 18.2 Å². The first-order valence-corrected chi connectivity index (χ1v) is 10.9. The minimum absolute atomic E-state index is 0.119. The predicted molar refractivity (Wildman–Crippen MR) is 123 cm³/mol. The summed E-state index contributed by atoms with van der Waals surface area (Å²) < 4.78 is 24.9. The molecule has 0 aliphatic carbocycles. The molecule has 3 rings (SSSR count). The van der Waals surface area contributed by atoms with Gasteiger partial charge in [-0.1, -0.05) is 18.2 Å². The van der Waals surface area contributed by atoms with Gasteiger partial charge in [-0.15, -0.1) is 6.58 Å². The van der Waals surface area contributed by atoms with Crippen LogP contribution >= 0.6 is 11.8 Å². The van der Waals surface area contributed by atoms with E-state index >= 15 is 0 Å². The van der Waals surface area contributed by atoms with Gasteiger partial charge in [0.1, 0.15) is 19.0 Å². The Morgan fingerprint density at radius 2 is 1.94 bits per heavy atom. The number of hydrogen-bond donors (Lipinski definition) is 1. The highest BCUT2D eigenvalue weighted by molar-refractivity contribution is 8.18. The summed E-state index contributed by atoms with van der Waals surface area (Å²) in [7, 11) is 0. The molecule has 1 N–H and O–H groups in total. The van der Waals surface area contributed by atoms with E-state index in [4.69, 9.17) is 14.6 Å². The van der Waals surface area contributed by atoms with E-state index in [1.54, 1.807) is 30.3 Å². The molecule has 172 valence electrons. The van der Waals surface area contributed by atoms with Crippen LogP contribution in [0.1, 0.15) is 23.6 Å². The van der Waals surface area contributed by atoms with Crippen molar-refractivity contribution in [3.63, 3.8) is 0 Å².